The number of hydrogen-bond donors (Lipinski definition) is 1. The number of ether oxygens (including phenoxy) is 1. The summed E-state index contributed by atoms with van der Waals surface area (Å²) in [5, 5.41) is 10.2. The number of hydrogen-bond acceptors (Lipinski definition) is 3. The standard InChI is InChI=1S/C12H25NO2/c1-4-9-15-10-12(14)5-7-13(8-6-12)11(2)3/h11,14H,4-10H2,1-3H3. The van der Waals surface area contributed by atoms with Crippen molar-refractivity contribution >= 4 is 0 Å². The molecule has 0 radical (unpaired) electrons. The van der Waals surface area contributed by atoms with E-state index in [1.54, 1.807) is 0 Å². The summed E-state index contributed by atoms with van der Waals surface area (Å²) in [5.41, 5.74) is -0.569. The van der Waals surface area contributed by atoms with Crippen molar-refractivity contribution in [2.45, 2.75) is 51.7 Å². The molecule has 0 aromatic carbocycles. The Bertz CT molecular complexity index is 174. The van der Waals surface area contributed by atoms with E-state index in [1.807, 2.05) is 0 Å². The molecule has 1 fully saturated rings. The highest BCUT2D eigenvalue weighted by molar-refractivity contribution is 4.86. The third-order valence-electron chi connectivity index (χ3n) is 3.18. The third kappa shape index (κ3) is 4.09. The summed E-state index contributed by atoms with van der Waals surface area (Å²) in [6, 6.07) is 0.589. The van der Waals surface area contributed by atoms with Crippen molar-refractivity contribution < 1.29 is 9.84 Å². The number of nitrogens with zero attached hydrogens (tertiary/aromatic N) is 1. The van der Waals surface area contributed by atoms with Crippen LogP contribution in [0.4, 0.5) is 0 Å². The maximum absolute atomic E-state index is 10.2. The predicted octanol–water partition coefficient (Wildman–Crippen LogP) is 1.65. The molecule has 1 aliphatic rings. The normalized spacial score (nSPS) is 22.2. The van der Waals surface area contributed by atoms with Gasteiger partial charge in [-0.25, -0.2) is 0 Å². The molecule has 1 aliphatic heterocycles. The van der Waals surface area contributed by atoms with Crippen molar-refractivity contribution in [3.05, 3.63) is 0 Å². The Kier molecular flexibility index (Phi) is 5.03. The SMILES string of the molecule is CCCOCC1(O)CCN(C(C)C)CC1. The van der Waals surface area contributed by atoms with Crippen molar-refractivity contribution in [3.8, 4) is 0 Å². The molecule has 0 spiro atoms. The first kappa shape index (κ1) is 12.9. The van der Waals surface area contributed by atoms with Gasteiger partial charge in [0.1, 0.15) is 0 Å². The average molecular weight is 215 g/mol. The topological polar surface area (TPSA) is 32.7 Å². The van der Waals surface area contributed by atoms with E-state index >= 15 is 0 Å². The van der Waals surface area contributed by atoms with E-state index in [4.69, 9.17) is 4.74 Å². The molecule has 0 bridgehead atoms. The van der Waals surface area contributed by atoms with Gasteiger partial charge < -0.3 is 14.7 Å². The molecule has 0 atom stereocenters. The minimum Gasteiger partial charge on any atom is -0.387 e. The Labute approximate surface area is 93.4 Å². The summed E-state index contributed by atoms with van der Waals surface area (Å²) < 4.78 is 5.45. The van der Waals surface area contributed by atoms with Crippen LogP contribution >= 0.6 is 0 Å². The van der Waals surface area contributed by atoms with Gasteiger partial charge in [0.25, 0.3) is 0 Å². The smallest absolute Gasteiger partial charge is 0.0904 e. The van der Waals surface area contributed by atoms with Gasteiger partial charge in [-0.2, -0.15) is 0 Å². The van der Waals surface area contributed by atoms with Crippen LogP contribution in [0.5, 0.6) is 0 Å². The molecule has 0 aromatic heterocycles. The Balaban J connectivity index is 2.27. The molecule has 1 N–H and O–H groups in total. The van der Waals surface area contributed by atoms with Crippen LogP contribution in [0.25, 0.3) is 0 Å². The Morgan fingerprint density at radius 1 is 1.33 bits per heavy atom. The summed E-state index contributed by atoms with van der Waals surface area (Å²) in [6.07, 6.45) is 2.71. The van der Waals surface area contributed by atoms with Gasteiger partial charge in [-0.05, 0) is 33.1 Å². The molecule has 1 rings (SSSR count). The van der Waals surface area contributed by atoms with E-state index < -0.39 is 5.60 Å². The van der Waals surface area contributed by atoms with Gasteiger partial charge in [-0.3, -0.25) is 0 Å². The lowest BCUT2D eigenvalue weighted by Gasteiger charge is -2.39. The predicted molar refractivity (Wildman–Crippen MR) is 62.0 cm³/mol. The Hall–Kier alpha value is -0.120. The maximum Gasteiger partial charge on any atom is 0.0904 e. The minimum atomic E-state index is -0.569. The van der Waals surface area contributed by atoms with Gasteiger partial charge in [0.05, 0.1) is 12.2 Å². The van der Waals surface area contributed by atoms with Gasteiger partial charge in [0.15, 0.2) is 0 Å². The number of piperidine rings is 1. The molecular formula is C12H25NO2. The Morgan fingerprint density at radius 2 is 1.93 bits per heavy atom. The zero-order valence-electron chi connectivity index (χ0n) is 10.3. The van der Waals surface area contributed by atoms with Crippen LogP contribution in [0, 0.1) is 0 Å². The second-order valence-corrected chi connectivity index (χ2v) is 4.91. The largest absolute Gasteiger partial charge is 0.387 e. The van der Waals surface area contributed by atoms with E-state index in [1.165, 1.54) is 0 Å². The molecule has 3 heteroatoms. The highest BCUT2D eigenvalue weighted by Gasteiger charge is 2.32. The van der Waals surface area contributed by atoms with Crippen LogP contribution in [-0.2, 0) is 4.74 Å². The minimum absolute atomic E-state index is 0.507. The fourth-order valence-corrected chi connectivity index (χ4v) is 2.01. The highest BCUT2D eigenvalue weighted by atomic mass is 16.5. The summed E-state index contributed by atoms with van der Waals surface area (Å²) in [6.45, 7) is 9.75. The van der Waals surface area contributed by atoms with Crippen LogP contribution in [0.3, 0.4) is 0 Å². The first-order valence-corrected chi connectivity index (χ1v) is 6.11. The van der Waals surface area contributed by atoms with Gasteiger partial charge in [-0.1, -0.05) is 6.92 Å². The average Bonchev–Trinajstić information content (AvgIpc) is 2.18. The lowest BCUT2D eigenvalue weighted by atomic mass is 9.92. The van der Waals surface area contributed by atoms with E-state index in [0.717, 1.165) is 39.0 Å². The molecule has 0 aliphatic carbocycles. The van der Waals surface area contributed by atoms with Crippen molar-refractivity contribution in [1.29, 1.82) is 0 Å². The molecule has 90 valence electrons. The maximum atomic E-state index is 10.2. The molecule has 0 saturated carbocycles. The fraction of sp³-hybridized carbons (Fsp3) is 1.00. The molecule has 1 heterocycles. The fourth-order valence-electron chi connectivity index (χ4n) is 2.01. The third-order valence-corrected chi connectivity index (χ3v) is 3.18. The van der Waals surface area contributed by atoms with E-state index in [2.05, 4.69) is 25.7 Å². The van der Waals surface area contributed by atoms with Crippen LogP contribution in [-0.4, -0.2) is 48.0 Å². The summed E-state index contributed by atoms with van der Waals surface area (Å²) >= 11 is 0. The second-order valence-electron chi connectivity index (χ2n) is 4.91. The second kappa shape index (κ2) is 5.83. The van der Waals surface area contributed by atoms with Crippen LogP contribution in [0.15, 0.2) is 0 Å². The molecule has 0 aromatic rings. The van der Waals surface area contributed by atoms with Gasteiger partial charge in [-0.15, -0.1) is 0 Å². The molecular weight excluding hydrogens is 190 g/mol. The van der Waals surface area contributed by atoms with E-state index in [0.29, 0.717) is 12.6 Å². The highest BCUT2D eigenvalue weighted by Crippen LogP contribution is 2.23. The van der Waals surface area contributed by atoms with Crippen molar-refractivity contribution in [3.63, 3.8) is 0 Å². The number of aliphatic hydroxyl groups is 1. The zero-order valence-corrected chi connectivity index (χ0v) is 10.3. The van der Waals surface area contributed by atoms with Gasteiger partial charge in [0.2, 0.25) is 0 Å². The summed E-state index contributed by atoms with van der Waals surface area (Å²) in [7, 11) is 0. The molecule has 1 saturated heterocycles. The Morgan fingerprint density at radius 3 is 2.40 bits per heavy atom. The van der Waals surface area contributed by atoms with Crippen LogP contribution in [0.1, 0.15) is 40.0 Å². The van der Waals surface area contributed by atoms with Crippen molar-refractivity contribution in [1.82, 2.24) is 4.90 Å². The van der Waals surface area contributed by atoms with Crippen molar-refractivity contribution in [2.75, 3.05) is 26.3 Å². The van der Waals surface area contributed by atoms with Crippen LogP contribution < -0.4 is 0 Å². The van der Waals surface area contributed by atoms with Gasteiger partial charge >= 0.3 is 0 Å². The molecule has 3 nitrogen and oxygen atoms in total. The van der Waals surface area contributed by atoms with Gasteiger partial charge in [0, 0.05) is 25.7 Å². The molecule has 0 unspecified atom stereocenters. The van der Waals surface area contributed by atoms with Crippen LogP contribution in [0.2, 0.25) is 0 Å². The molecule has 0 amide bonds. The quantitative estimate of drug-likeness (QED) is 0.708. The zero-order chi connectivity index (χ0) is 11.3. The summed E-state index contributed by atoms with van der Waals surface area (Å²) in [4.78, 5) is 2.41. The lowest BCUT2D eigenvalue weighted by molar-refractivity contribution is -0.0846. The first-order valence-electron chi connectivity index (χ1n) is 6.11. The van der Waals surface area contributed by atoms with Crippen molar-refractivity contribution in [2.24, 2.45) is 0 Å². The van der Waals surface area contributed by atoms with E-state index in [-0.39, 0.29) is 0 Å². The summed E-state index contributed by atoms with van der Waals surface area (Å²) in [5.74, 6) is 0. The number of rotatable bonds is 5. The van der Waals surface area contributed by atoms with E-state index in [9.17, 15) is 5.11 Å². The molecule has 15 heavy (non-hydrogen) atoms. The monoisotopic (exact) mass is 215 g/mol. The first-order chi connectivity index (χ1) is 7.07. The lowest BCUT2D eigenvalue weighted by Crippen LogP contribution is -2.49. The number of likely N-dealkylation sites (tertiary alicyclic amines) is 1.